The fourth-order valence-electron chi connectivity index (χ4n) is 4.96. The van der Waals surface area contributed by atoms with Crippen molar-refractivity contribution in [3.8, 4) is 5.75 Å². The van der Waals surface area contributed by atoms with Crippen LogP contribution in [0.25, 0.3) is 6.08 Å². The topological polar surface area (TPSA) is 77.1 Å². The second-order valence-corrected chi connectivity index (χ2v) is 11.4. The maximum Gasteiger partial charge on any atom is 0.410 e. The first-order valence-corrected chi connectivity index (χ1v) is 13.6. The number of unbranched alkanes of at least 4 members (excludes halogenated alkanes) is 2. The second-order valence-electron chi connectivity index (χ2n) is 11.4. The van der Waals surface area contributed by atoms with E-state index in [2.05, 4.69) is 17.5 Å². The van der Waals surface area contributed by atoms with Crippen molar-refractivity contribution >= 4 is 18.3 Å². The normalized spacial score (nSPS) is 15.8. The maximum absolute atomic E-state index is 12.2. The average molecular weight is 521 g/mol. The molecule has 0 atom stereocenters. The Hall–Kier alpha value is -3.48. The van der Waals surface area contributed by atoms with Crippen molar-refractivity contribution in [2.24, 2.45) is 5.41 Å². The van der Waals surface area contributed by atoms with E-state index in [1.165, 1.54) is 5.57 Å². The maximum atomic E-state index is 12.2. The average Bonchev–Trinajstić information content (AvgIpc) is 2.83. The third kappa shape index (κ3) is 8.01. The van der Waals surface area contributed by atoms with Gasteiger partial charge < -0.3 is 24.4 Å². The molecule has 1 N–H and O–H groups in total. The van der Waals surface area contributed by atoms with Gasteiger partial charge in [-0.15, -0.1) is 0 Å². The van der Waals surface area contributed by atoms with E-state index in [-0.39, 0.29) is 24.2 Å². The Morgan fingerprint density at radius 1 is 0.974 bits per heavy atom. The van der Waals surface area contributed by atoms with Crippen molar-refractivity contribution in [3.63, 3.8) is 0 Å². The van der Waals surface area contributed by atoms with Crippen molar-refractivity contribution in [1.82, 2.24) is 10.2 Å². The van der Waals surface area contributed by atoms with Crippen LogP contribution in [-0.2, 0) is 16.1 Å². The van der Waals surface area contributed by atoms with Gasteiger partial charge in [-0.25, -0.2) is 9.59 Å². The smallest absolute Gasteiger partial charge is 0.410 e. The quantitative estimate of drug-likeness (QED) is 0.358. The molecule has 1 aliphatic carbocycles. The number of nitrogens with zero attached hydrogens (tertiary/aromatic N) is 1. The van der Waals surface area contributed by atoms with E-state index < -0.39 is 5.60 Å². The number of carbonyl (C=O) groups excluding carboxylic acids is 2. The van der Waals surface area contributed by atoms with Crippen molar-refractivity contribution in [1.29, 1.82) is 0 Å². The standard InChI is InChI=1S/C31H40N2O5/c1-30(2,3)38-29(35)33-22-31(23-33)19-25(20-31)18-26-14-8-9-15-27(26)36-17-11-5-10-16-32-28(34)37-21-24-12-6-4-7-13-24/h4,6-9,12-15,18H,5,10-11,16-17,19-23H2,1-3H3,(H,32,34). The van der Waals surface area contributed by atoms with E-state index in [1.807, 2.05) is 74.2 Å². The molecule has 2 amide bonds. The van der Waals surface area contributed by atoms with E-state index in [0.29, 0.717) is 13.2 Å². The molecule has 0 aromatic heterocycles. The van der Waals surface area contributed by atoms with Crippen LogP contribution >= 0.6 is 0 Å². The summed E-state index contributed by atoms with van der Waals surface area (Å²) in [4.78, 5) is 25.8. The number of nitrogens with one attached hydrogen (secondary N) is 1. The molecule has 7 heteroatoms. The molecule has 204 valence electrons. The van der Waals surface area contributed by atoms with Gasteiger partial charge in [0.05, 0.1) is 6.61 Å². The molecule has 1 spiro atoms. The summed E-state index contributed by atoms with van der Waals surface area (Å²) < 4.78 is 16.8. The first-order chi connectivity index (χ1) is 18.2. The number of alkyl carbamates (subject to hydrolysis) is 1. The molecule has 0 bridgehead atoms. The zero-order valence-electron chi connectivity index (χ0n) is 22.8. The van der Waals surface area contributed by atoms with Gasteiger partial charge in [0.25, 0.3) is 0 Å². The van der Waals surface area contributed by atoms with Crippen molar-refractivity contribution < 1.29 is 23.8 Å². The lowest BCUT2D eigenvalue weighted by molar-refractivity contribution is -0.0498. The molecule has 1 saturated heterocycles. The summed E-state index contributed by atoms with van der Waals surface area (Å²) in [5.74, 6) is 0.896. The Labute approximate surface area is 226 Å². The van der Waals surface area contributed by atoms with Crippen LogP contribution in [0.3, 0.4) is 0 Å². The molecule has 4 rings (SSSR count). The zero-order valence-corrected chi connectivity index (χ0v) is 22.8. The number of allylic oxidation sites excluding steroid dienone is 1. The van der Waals surface area contributed by atoms with Crippen molar-refractivity contribution in [2.45, 2.75) is 65.1 Å². The van der Waals surface area contributed by atoms with Crippen LogP contribution in [0.1, 0.15) is 64.0 Å². The largest absolute Gasteiger partial charge is 0.493 e. The van der Waals surface area contributed by atoms with Gasteiger partial charge in [0.1, 0.15) is 18.0 Å². The number of hydrogen-bond acceptors (Lipinski definition) is 5. The van der Waals surface area contributed by atoms with Crippen LogP contribution in [0.5, 0.6) is 5.75 Å². The number of carbonyl (C=O) groups is 2. The number of hydrogen-bond donors (Lipinski definition) is 1. The molecule has 0 radical (unpaired) electrons. The van der Waals surface area contributed by atoms with E-state index >= 15 is 0 Å². The van der Waals surface area contributed by atoms with Gasteiger partial charge >= 0.3 is 12.2 Å². The number of likely N-dealkylation sites (tertiary alicyclic amines) is 1. The number of ether oxygens (including phenoxy) is 3. The molecule has 1 aliphatic heterocycles. The number of benzene rings is 2. The Balaban J connectivity index is 1.10. The minimum absolute atomic E-state index is 0.210. The second kappa shape index (κ2) is 12.4. The lowest BCUT2D eigenvalue weighted by atomic mass is 9.60. The highest BCUT2D eigenvalue weighted by atomic mass is 16.6. The lowest BCUT2D eigenvalue weighted by Crippen LogP contribution is -2.62. The van der Waals surface area contributed by atoms with Crippen LogP contribution in [0.4, 0.5) is 9.59 Å². The fourth-order valence-corrected chi connectivity index (χ4v) is 4.96. The Kier molecular flexibility index (Phi) is 8.97. The first-order valence-electron chi connectivity index (χ1n) is 13.6. The zero-order chi connectivity index (χ0) is 27.0. The molecule has 2 aliphatic rings. The summed E-state index contributed by atoms with van der Waals surface area (Å²) in [7, 11) is 0. The Morgan fingerprint density at radius 3 is 2.42 bits per heavy atom. The molecule has 2 aromatic rings. The van der Waals surface area contributed by atoms with Gasteiger partial charge in [-0.05, 0) is 64.5 Å². The summed E-state index contributed by atoms with van der Waals surface area (Å²) in [6.07, 6.45) is 6.42. The third-order valence-electron chi connectivity index (χ3n) is 6.75. The van der Waals surface area contributed by atoms with Gasteiger partial charge in [0.15, 0.2) is 0 Å². The number of rotatable bonds is 10. The minimum Gasteiger partial charge on any atom is -0.493 e. The van der Waals surface area contributed by atoms with E-state index in [1.54, 1.807) is 0 Å². The van der Waals surface area contributed by atoms with E-state index in [0.717, 1.165) is 62.1 Å². The van der Waals surface area contributed by atoms with Crippen LogP contribution < -0.4 is 10.1 Å². The SMILES string of the molecule is CC(C)(C)OC(=O)N1CC2(CC(=Cc3ccccc3OCCCCCNC(=O)OCc3ccccc3)C2)C1. The van der Waals surface area contributed by atoms with Crippen LogP contribution in [0.15, 0.2) is 60.2 Å². The van der Waals surface area contributed by atoms with Gasteiger partial charge in [-0.2, -0.15) is 0 Å². The Morgan fingerprint density at radius 2 is 1.68 bits per heavy atom. The highest BCUT2D eigenvalue weighted by Crippen LogP contribution is 2.52. The molecule has 1 heterocycles. The first kappa shape index (κ1) is 27.6. The predicted octanol–water partition coefficient (Wildman–Crippen LogP) is 6.58. The summed E-state index contributed by atoms with van der Waals surface area (Å²) in [6.45, 7) is 8.74. The molecule has 1 saturated carbocycles. The molecule has 0 unspecified atom stereocenters. The summed E-state index contributed by atoms with van der Waals surface area (Å²) in [5, 5.41) is 2.80. The minimum atomic E-state index is -0.457. The van der Waals surface area contributed by atoms with Crippen molar-refractivity contribution in [2.75, 3.05) is 26.2 Å². The van der Waals surface area contributed by atoms with Gasteiger partial charge in [-0.1, -0.05) is 60.2 Å². The lowest BCUT2D eigenvalue weighted by Gasteiger charge is -2.56. The highest BCUT2D eigenvalue weighted by Gasteiger charge is 2.52. The van der Waals surface area contributed by atoms with Crippen LogP contribution in [-0.4, -0.2) is 48.9 Å². The van der Waals surface area contributed by atoms with E-state index in [9.17, 15) is 9.59 Å². The van der Waals surface area contributed by atoms with Gasteiger partial charge in [0, 0.05) is 30.6 Å². The monoisotopic (exact) mass is 520 g/mol. The van der Waals surface area contributed by atoms with Crippen LogP contribution in [0.2, 0.25) is 0 Å². The van der Waals surface area contributed by atoms with Crippen LogP contribution in [0, 0.1) is 5.41 Å². The molecule has 7 nitrogen and oxygen atoms in total. The number of amides is 2. The highest BCUT2D eigenvalue weighted by molar-refractivity contribution is 5.70. The summed E-state index contributed by atoms with van der Waals surface area (Å²) >= 11 is 0. The summed E-state index contributed by atoms with van der Waals surface area (Å²) in [6, 6.07) is 17.8. The fraction of sp³-hybridized carbons (Fsp3) is 0.484. The molecular formula is C31H40N2O5. The number of para-hydroxylation sites is 1. The van der Waals surface area contributed by atoms with Crippen molar-refractivity contribution in [3.05, 3.63) is 71.3 Å². The molecule has 2 aromatic carbocycles. The molecule has 2 fully saturated rings. The van der Waals surface area contributed by atoms with Gasteiger partial charge in [-0.3, -0.25) is 0 Å². The van der Waals surface area contributed by atoms with E-state index in [4.69, 9.17) is 14.2 Å². The molecule has 38 heavy (non-hydrogen) atoms. The predicted molar refractivity (Wildman–Crippen MR) is 148 cm³/mol. The Bertz CT molecular complexity index is 1110. The van der Waals surface area contributed by atoms with Gasteiger partial charge in [0.2, 0.25) is 0 Å². The third-order valence-corrected chi connectivity index (χ3v) is 6.75. The molecular weight excluding hydrogens is 480 g/mol. The summed E-state index contributed by atoms with van der Waals surface area (Å²) in [5.41, 5.74) is 3.24.